The Hall–Kier alpha value is -1.74. The van der Waals surface area contributed by atoms with E-state index in [4.69, 9.17) is 9.63 Å². The molecule has 0 aliphatic heterocycles. The lowest BCUT2D eigenvalue weighted by Crippen LogP contribution is -2.07. The number of carboxylic acids is 1. The molecule has 1 aromatic heterocycles. The maximum atomic E-state index is 12.2. The molecule has 2 rings (SSSR count). The fourth-order valence-electron chi connectivity index (χ4n) is 1.51. The minimum absolute atomic E-state index is 0.0395. The highest BCUT2D eigenvalue weighted by atomic mass is 79.9. The van der Waals surface area contributed by atoms with Gasteiger partial charge in [0.25, 0.3) is 0 Å². The Morgan fingerprint density at radius 1 is 1.45 bits per heavy atom. The Morgan fingerprint density at radius 3 is 2.70 bits per heavy atom. The Labute approximate surface area is 122 Å². The Morgan fingerprint density at radius 2 is 2.15 bits per heavy atom. The van der Waals surface area contributed by atoms with E-state index in [1.54, 1.807) is 6.92 Å². The number of aromatic carboxylic acids is 1. The van der Waals surface area contributed by atoms with Crippen LogP contribution in [0.3, 0.4) is 0 Å². The molecule has 1 heterocycles. The SMILES string of the molecule is Cc1noc(CS(=O)(=O)c2ccc(Br)c(C(=O)O)c2)n1. The van der Waals surface area contributed by atoms with Crippen molar-refractivity contribution in [2.24, 2.45) is 0 Å². The summed E-state index contributed by atoms with van der Waals surface area (Å²) in [5.74, 6) is -1.41. The van der Waals surface area contributed by atoms with Crippen molar-refractivity contribution in [3.8, 4) is 0 Å². The molecule has 9 heteroatoms. The topological polar surface area (TPSA) is 110 Å². The first-order valence-corrected chi connectivity index (χ1v) is 7.79. The molecule has 106 valence electrons. The number of carbonyl (C=O) groups is 1. The van der Waals surface area contributed by atoms with Crippen LogP contribution in [0.5, 0.6) is 0 Å². The summed E-state index contributed by atoms with van der Waals surface area (Å²) in [7, 11) is -3.75. The molecule has 1 aromatic carbocycles. The van der Waals surface area contributed by atoms with Crippen LogP contribution in [0.2, 0.25) is 0 Å². The van der Waals surface area contributed by atoms with Gasteiger partial charge in [-0.15, -0.1) is 0 Å². The van der Waals surface area contributed by atoms with Crippen LogP contribution in [0.1, 0.15) is 22.1 Å². The third kappa shape index (κ3) is 3.05. The van der Waals surface area contributed by atoms with Crippen LogP contribution in [0.15, 0.2) is 32.1 Å². The molecule has 0 unspecified atom stereocenters. The first-order chi connectivity index (χ1) is 9.29. The molecule has 0 atom stereocenters. The van der Waals surface area contributed by atoms with Gasteiger partial charge in [-0.3, -0.25) is 0 Å². The average Bonchev–Trinajstić information content (AvgIpc) is 2.73. The monoisotopic (exact) mass is 360 g/mol. The Bertz CT molecular complexity index is 769. The summed E-state index contributed by atoms with van der Waals surface area (Å²) >= 11 is 3.05. The number of aromatic nitrogens is 2. The second-order valence-corrected chi connectivity index (χ2v) is 6.79. The van der Waals surface area contributed by atoms with Crippen molar-refractivity contribution < 1.29 is 22.8 Å². The smallest absolute Gasteiger partial charge is 0.336 e. The zero-order valence-corrected chi connectivity index (χ0v) is 12.6. The van der Waals surface area contributed by atoms with Crippen LogP contribution in [0.4, 0.5) is 0 Å². The van der Waals surface area contributed by atoms with Crippen LogP contribution in [-0.4, -0.2) is 29.6 Å². The highest BCUT2D eigenvalue weighted by Crippen LogP contribution is 2.23. The van der Waals surface area contributed by atoms with E-state index in [1.165, 1.54) is 12.1 Å². The summed E-state index contributed by atoms with van der Waals surface area (Å²) in [6.07, 6.45) is 0. The lowest BCUT2D eigenvalue weighted by atomic mass is 10.2. The predicted octanol–water partition coefficient (Wildman–Crippen LogP) is 1.81. The molecule has 0 bridgehead atoms. The van der Waals surface area contributed by atoms with Gasteiger partial charge in [-0.25, -0.2) is 13.2 Å². The molecule has 0 spiro atoms. The predicted molar refractivity (Wildman–Crippen MR) is 71.0 cm³/mol. The molecule has 0 saturated carbocycles. The fourth-order valence-corrected chi connectivity index (χ4v) is 3.10. The summed E-state index contributed by atoms with van der Waals surface area (Å²) in [6.45, 7) is 1.57. The van der Waals surface area contributed by atoms with Gasteiger partial charge in [-0.05, 0) is 41.1 Å². The van der Waals surface area contributed by atoms with E-state index in [1.807, 2.05) is 0 Å². The van der Waals surface area contributed by atoms with Crippen LogP contribution < -0.4 is 0 Å². The van der Waals surface area contributed by atoms with Crippen LogP contribution in [0.25, 0.3) is 0 Å². The molecule has 0 fully saturated rings. The number of carboxylic acid groups (broad SMARTS) is 1. The summed E-state index contributed by atoms with van der Waals surface area (Å²) in [6, 6.07) is 3.77. The van der Waals surface area contributed by atoms with E-state index in [-0.39, 0.29) is 16.3 Å². The van der Waals surface area contributed by atoms with E-state index in [2.05, 4.69) is 26.1 Å². The number of hydrogen-bond donors (Lipinski definition) is 1. The maximum absolute atomic E-state index is 12.2. The van der Waals surface area contributed by atoms with Gasteiger partial charge < -0.3 is 9.63 Å². The van der Waals surface area contributed by atoms with Crippen molar-refractivity contribution >= 4 is 31.7 Å². The van der Waals surface area contributed by atoms with Crippen LogP contribution >= 0.6 is 15.9 Å². The molecule has 20 heavy (non-hydrogen) atoms. The van der Waals surface area contributed by atoms with Crippen molar-refractivity contribution in [1.82, 2.24) is 10.1 Å². The third-order valence-corrected chi connectivity index (χ3v) is 4.70. The van der Waals surface area contributed by atoms with Crippen LogP contribution in [-0.2, 0) is 15.6 Å². The molecule has 0 aliphatic rings. The molecule has 7 nitrogen and oxygen atoms in total. The molecule has 0 radical (unpaired) electrons. The maximum Gasteiger partial charge on any atom is 0.336 e. The van der Waals surface area contributed by atoms with Crippen molar-refractivity contribution in [3.05, 3.63) is 40.0 Å². The Kier molecular flexibility index (Phi) is 3.91. The van der Waals surface area contributed by atoms with Crippen LogP contribution in [0, 0.1) is 6.92 Å². The van der Waals surface area contributed by atoms with E-state index >= 15 is 0 Å². The van der Waals surface area contributed by atoms with Gasteiger partial charge in [-0.2, -0.15) is 4.98 Å². The second-order valence-electron chi connectivity index (χ2n) is 3.94. The normalized spacial score (nSPS) is 11.5. The molecule has 0 aliphatic carbocycles. The average molecular weight is 361 g/mol. The van der Waals surface area contributed by atoms with E-state index < -0.39 is 21.6 Å². The number of sulfone groups is 1. The zero-order valence-electron chi connectivity index (χ0n) is 10.2. The molecule has 2 aromatic rings. The summed E-state index contributed by atoms with van der Waals surface area (Å²) in [5.41, 5.74) is -0.132. The number of rotatable bonds is 4. The lowest BCUT2D eigenvalue weighted by Gasteiger charge is -2.04. The summed E-state index contributed by atoms with van der Waals surface area (Å²) in [5, 5.41) is 12.5. The van der Waals surface area contributed by atoms with E-state index in [9.17, 15) is 13.2 Å². The number of hydrogen-bond acceptors (Lipinski definition) is 6. The first kappa shape index (κ1) is 14.7. The highest BCUT2D eigenvalue weighted by Gasteiger charge is 2.21. The zero-order chi connectivity index (χ0) is 14.9. The van der Waals surface area contributed by atoms with Crippen molar-refractivity contribution in [1.29, 1.82) is 0 Å². The molecule has 1 N–H and O–H groups in total. The van der Waals surface area contributed by atoms with Gasteiger partial charge in [0.2, 0.25) is 5.89 Å². The minimum atomic E-state index is -3.75. The number of benzene rings is 1. The van der Waals surface area contributed by atoms with E-state index in [0.717, 1.165) is 6.07 Å². The second kappa shape index (κ2) is 5.33. The largest absolute Gasteiger partial charge is 0.478 e. The van der Waals surface area contributed by atoms with Crippen molar-refractivity contribution in [3.63, 3.8) is 0 Å². The molecule has 0 saturated heterocycles. The molecular weight excluding hydrogens is 352 g/mol. The quantitative estimate of drug-likeness (QED) is 0.884. The standard InChI is InChI=1S/C11H9BrN2O5S/c1-6-13-10(19-14-6)5-20(17,18)7-2-3-9(12)8(4-7)11(15)16/h2-4H,5H2,1H3,(H,15,16). The van der Waals surface area contributed by atoms with Gasteiger partial charge in [-0.1, -0.05) is 5.16 Å². The molecule has 0 amide bonds. The van der Waals surface area contributed by atoms with Gasteiger partial charge in [0.1, 0.15) is 5.75 Å². The van der Waals surface area contributed by atoms with Gasteiger partial charge >= 0.3 is 5.97 Å². The first-order valence-electron chi connectivity index (χ1n) is 5.34. The summed E-state index contributed by atoms with van der Waals surface area (Å²) in [4.78, 5) is 14.7. The van der Waals surface area contributed by atoms with E-state index in [0.29, 0.717) is 10.3 Å². The summed E-state index contributed by atoms with van der Waals surface area (Å²) < 4.78 is 29.4. The van der Waals surface area contributed by atoms with Crippen molar-refractivity contribution in [2.45, 2.75) is 17.6 Å². The van der Waals surface area contributed by atoms with Gasteiger partial charge in [0, 0.05) is 4.47 Å². The number of aryl methyl sites for hydroxylation is 1. The minimum Gasteiger partial charge on any atom is -0.478 e. The third-order valence-electron chi connectivity index (χ3n) is 2.41. The highest BCUT2D eigenvalue weighted by molar-refractivity contribution is 9.10. The Balaban J connectivity index is 2.39. The van der Waals surface area contributed by atoms with Gasteiger partial charge in [0.15, 0.2) is 15.7 Å². The lowest BCUT2D eigenvalue weighted by molar-refractivity contribution is 0.0695. The number of halogens is 1. The van der Waals surface area contributed by atoms with Gasteiger partial charge in [0.05, 0.1) is 10.5 Å². The number of nitrogens with zero attached hydrogens (tertiary/aromatic N) is 2. The van der Waals surface area contributed by atoms with Crippen molar-refractivity contribution in [2.75, 3.05) is 0 Å². The molecular formula is C11H9BrN2O5S. The fraction of sp³-hybridized carbons (Fsp3) is 0.182.